The van der Waals surface area contributed by atoms with Gasteiger partial charge in [-0.3, -0.25) is 9.59 Å². The zero-order valence-electron chi connectivity index (χ0n) is 11.7. The fourth-order valence-electron chi connectivity index (χ4n) is 3.17. The molecule has 1 aliphatic carbocycles. The van der Waals surface area contributed by atoms with Crippen molar-refractivity contribution in [2.45, 2.75) is 57.5 Å². The van der Waals surface area contributed by atoms with Crippen molar-refractivity contribution in [2.75, 3.05) is 13.1 Å². The lowest BCUT2D eigenvalue weighted by Gasteiger charge is -2.28. The molecule has 5 nitrogen and oxygen atoms in total. The maximum Gasteiger partial charge on any atom is 0.243 e. The first-order valence-corrected chi connectivity index (χ1v) is 7.45. The second kappa shape index (κ2) is 6.89. The van der Waals surface area contributed by atoms with Crippen LogP contribution in [0.4, 0.5) is 0 Å². The van der Waals surface area contributed by atoms with E-state index in [0.29, 0.717) is 5.92 Å². The van der Waals surface area contributed by atoms with Gasteiger partial charge in [-0.25, -0.2) is 0 Å². The maximum atomic E-state index is 12.4. The Kier molecular flexibility index (Phi) is 5.19. The second-order valence-corrected chi connectivity index (χ2v) is 5.77. The number of carbonyl (C=O) groups is 2. The zero-order valence-corrected chi connectivity index (χ0v) is 11.7. The van der Waals surface area contributed by atoms with E-state index in [-0.39, 0.29) is 23.9 Å². The topological polar surface area (TPSA) is 70.2 Å². The molecule has 2 rings (SSSR count). The van der Waals surface area contributed by atoms with E-state index in [1.807, 2.05) is 0 Å². The Labute approximate surface area is 114 Å². The van der Waals surface area contributed by atoms with E-state index in [1.165, 1.54) is 19.8 Å². The third kappa shape index (κ3) is 4.20. The Morgan fingerprint density at radius 1 is 1.16 bits per heavy atom. The Balaban J connectivity index is 1.91. The molecule has 2 atom stereocenters. The van der Waals surface area contributed by atoms with Crippen molar-refractivity contribution in [1.29, 1.82) is 0 Å². The summed E-state index contributed by atoms with van der Waals surface area (Å²) in [6, 6.07) is -0.138. The van der Waals surface area contributed by atoms with Crippen LogP contribution in [0.15, 0.2) is 0 Å². The van der Waals surface area contributed by atoms with Gasteiger partial charge >= 0.3 is 0 Å². The molecule has 0 aromatic rings. The zero-order chi connectivity index (χ0) is 13.7. The van der Waals surface area contributed by atoms with E-state index in [2.05, 4.69) is 16.0 Å². The minimum absolute atomic E-state index is 0.00389. The van der Waals surface area contributed by atoms with Crippen LogP contribution in [0.1, 0.15) is 45.4 Å². The second-order valence-electron chi connectivity index (χ2n) is 5.77. The average molecular weight is 267 g/mol. The fraction of sp³-hybridized carbons (Fsp3) is 0.857. The van der Waals surface area contributed by atoms with Crippen LogP contribution in [0.25, 0.3) is 0 Å². The standard InChI is InChI=1S/C14H25N3O2/c1-10(18)16-13(11-5-2-3-6-11)14(19)17-12-7-4-8-15-9-12/h11-13,15H,2-9H2,1H3,(H,16,18)(H,17,19)/t12-,13?/m0/s1. The van der Waals surface area contributed by atoms with Gasteiger partial charge in [0.25, 0.3) is 0 Å². The van der Waals surface area contributed by atoms with E-state index in [4.69, 9.17) is 0 Å². The van der Waals surface area contributed by atoms with Gasteiger partial charge in [0, 0.05) is 19.5 Å². The van der Waals surface area contributed by atoms with Crippen LogP contribution in [-0.2, 0) is 9.59 Å². The molecule has 1 aliphatic heterocycles. The van der Waals surface area contributed by atoms with E-state index in [1.54, 1.807) is 0 Å². The highest BCUT2D eigenvalue weighted by Gasteiger charge is 2.32. The van der Waals surface area contributed by atoms with Gasteiger partial charge < -0.3 is 16.0 Å². The monoisotopic (exact) mass is 267 g/mol. The summed E-state index contributed by atoms with van der Waals surface area (Å²) in [6.07, 6.45) is 6.54. The Bertz CT molecular complexity index is 321. The van der Waals surface area contributed by atoms with Crippen LogP contribution < -0.4 is 16.0 Å². The number of piperidine rings is 1. The van der Waals surface area contributed by atoms with E-state index < -0.39 is 0 Å². The molecule has 0 spiro atoms. The average Bonchev–Trinajstić information content (AvgIpc) is 2.90. The summed E-state index contributed by atoms with van der Waals surface area (Å²) >= 11 is 0. The van der Waals surface area contributed by atoms with Gasteiger partial charge in [-0.15, -0.1) is 0 Å². The summed E-state index contributed by atoms with van der Waals surface area (Å²) in [5.74, 6) is 0.185. The van der Waals surface area contributed by atoms with Crippen molar-refractivity contribution in [3.8, 4) is 0 Å². The van der Waals surface area contributed by atoms with Crippen LogP contribution in [0.5, 0.6) is 0 Å². The van der Waals surface area contributed by atoms with Crippen LogP contribution in [0.2, 0.25) is 0 Å². The molecule has 2 amide bonds. The molecule has 0 aromatic heterocycles. The predicted octanol–water partition coefficient (Wildman–Crippen LogP) is 0.549. The van der Waals surface area contributed by atoms with Crippen LogP contribution in [-0.4, -0.2) is 37.0 Å². The molecule has 1 heterocycles. The summed E-state index contributed by atoms with van der Waals surface area (Å²) in [5.41, 5.74) is 0. The van der Waals surface area contributed by atoms with Crippen LogP contribution in [0.3, 0.4) is 0 Å². The van der Waals surface area contributed by atoms with Crippen molar-refractivity contribution in [1.82, 2.24) is 16.0 Å². The Morgan fingerprint density at radius 3 is 2.47 bits per heavy atom. The first-order chi connectivity index (χ1) is 9.16. The number of hydrogen-bond donors (Lipinski definition) is 3. The van der Waals surface area contributed by atoms with Crippen molar-refractivity contribution in [3.05, 3.63) is 0 Å². The first-order valence-electron chi connectivity index (χ1n) is 7.45. The SMILES string of the molecule is CC(=O)NC(C(=O)N[C@H]1CCCNC1)C1CCCC1. The molecule has 5 heteroatoms. The molecule has 19 heavy (non-hydrogen) atoms. The summed E-state index contributed by atoms with van der Waals surface area (Å²) in [7, 11) is 0. The van der Waals surface area contributed by atoms with Crippen molar-refractivity contribution in [3.63, 3.8) is 0 Å². The third-order valence-corrected chi connectivity index (χ3v) is 4.16. The number of rotatable bonds is 4. The lowest BCUT2D eigenvalue weighted by Crippen LogP contribution is -2.55. The van der Waals surface area contributed by atoms with E-state index in [0.717, 1.165) is 38.8 Å². The summed E-state index contributed by atoms with van der Waals surface area (Å²) in [5, 5.41) is 9.21. The predicted molar refractivity (Wildman–Crippen MR) is 73.6 cm³/mol. The largest absolute Gasteiger partial charge is 0.350 e. The lowest BCUT2D eigenvalue weighted by atomic mass is 9.96. The number of hydrogen-bond acceptors (Lipinski definition) is 3. The van der Waals surface area contributed by atoms with Gasteiger partial charge in [-0.1, -0.05) is 12.8 Å². The van der Waals surface area contributed by atoms with E-state index >= 15 is 0 Å². The molecule has 2 fully saturated rings. The summed E-state index contributed by atoms with van der Waals surface area (Å²) in [4.78, 5) is 23.7. The van der Waals surface area contributed by atoms with Crippen LogP contribution in [0, 0.1) is 5.92 Å². The van der Waals surface area contributed by atoms with Gasteiger partial charge in [0.1, 0.15) is 6.04 Å². The Morgan fingerprint density at radius 2 is 1.89 bits per heavy atom. The number of carbonyl (C=O) groups excluding carboxylic acids is 2. The molecule has 3 N–H and O–H groups in total. The lowest BCUT2D eigenvalue weighted by molar-refractivity contribution is -0.130. The van der Waals surface area contributed by atoms with Gasteiger partial charge in [0.2, 0.25) is 11.8 Å². The molecule has 0 radical (unpaired) electrons. The normalized spacial score (nSPS) is 25.8. The van der Waals surface area contributed by atoms with Gasteiger partial charge in [-0.2, -0.15) is 0 Å². The molecule has 0 aromatic carbocycles. The fourth-order valence-corrected chi connectivity index (χ4v) is 3.17. The molecule has 0 bridgehead atoms. The number of nitrogens with one attached hydrogen (secondary N) is 3. The highest BCUT2D eigenvalue weighted by molar-refractivity contribution is 5.87. The molecule has 1 saturated carbocycles. The molecular formula is C14H25N3O2. The molecule has 2 aliphatic rings. The summed E-state index contributed by atoms with van der Waals surface area (Å²) < 4.78 is 0. The quantitative estimate of drug-likeness (QED) is 0.696. The maximum absolute atomic E-state index is 12.4. The minimum atomic E-state index is -0.345. The van der Waals surface area contributed by atoms with Gasteiger partial charge in [-0.05, 0) is 38.1 Å². The Hall–Kier alpha value is -1.10. The molecule has 1 unspecified atom stereocenters. The minimum Gasteiger partial charge on any atom is -0.350 e. The molecule has 108 valence electrons. The summed E-state index contributed by atoms with van der Waals surface area (Å²) in [6.45, 7) is 3.35. The first kappa shape index (κ1) is 14.3. The van der Waals surface area contributed by atoms with Crippen molar-refractivity contribution >= 4 is 11.8 Å². The highest BCUT2D eigenvalue weighted by Crippen LogP contribution is 2.28. The van der Waals surface area contributed by atoms with Gasteiger partial charge in [0.05, 0.1) is 0 Å². The highest BCUT2D eigenvalue weighted by atomic mass is 16.2. The smallest absolute Gasteiger partial charge is 0.243 e. The van der Waals surface area contributed by atoms with Gasteiger partial charge in [0.15, 0.2) is 0 Å². The molecule has 1 saturated heterocycles. The third-order valence-electron chi connectivity index (χ3n) is 4.16. The van der Waals surface area contributed by atoms with Crippen LogP contribution >= 0.6 is 0 Å². The number of amides is 2. The molecular weight excluding hydrogens is 242 g/mol. The van der Waals surface area contributed by atoms with E-state index in [9.17, 15) is 9.59 Å². The van der Waals surface area contributed by atoms with Crippen molar-refractivity contribution < 1.29 is 9.59 Å². The van der Waals surface area contributed by atoms with Crippen molar-refractivity contribution in [2.24, 2.45) is 5.92 Å².